The summed E-state index contributed by atoms with van der Waals surface area (Å²) in [6.07, 6.45) is 2.48. The maximum absolute atomic E-state index is 12.7. The van der Waals surface area contributed by atoms with Crippen molar-refractivity contribution in [2.24, 2.45) is 5.92 Å². The summed E-state index contributed by atoms with van der Waals surface area (Å²) < 4.78 is 0. The molecule has 0 radical (unpaired) electrons. The van der Waals surface area contributed by atoms with Gasteiger partial charge in [-0.3, -0.25) is 14.4 Å². The van der Waals surface area contributed by atoms with Crippen LogP contribution in [-0.4, -0.2) is 42.3 Å². The van der Waals surface area contributed by atoms with Crippen molar-refractivity contribution in [1.82, 2.24) is 4.90 Å². The number of rotatable bonds is 7. The highest BCUT2D eigenvalue weighted by Gasteiger charge is 2.21. The third-order valence-corrected chi connectivity index (χ3v) is 5.41. The SMILES string of the molecule is CCC(=O)Nc1ccc(NCC(=O)Nc2cccc(C(=O)N3CCC(C)CC3)c2)cc1. The van der Waals surface area contributed by atoms with Crippen LogP contribution in [0.3, 0.4) is 0 Å². The number of piperidine rings is 1. The van der Waals surface area contributed by atoms with Gasteiger partial charge in [-0.2, -0.15) is 0 Å². The Morgan fingerprint density at radius 3 is 2.23 bits per heavy atom. The molecule has 7 heteroatoms. The molecular weight excluding hydrogens is 392 g/mol. The van der Waals surface area contributed by atoms with Crippen molar-refractivity contribution in [2.75, 3.05) is 35.6 Å². The lowest BCUT2D eigenvalue weighted by molar-refractivity contribution is -0.116. The summed E-state index contributed by atoms with van der Waals surface area (Å²) in [5.74, 6) is 0.417. The molecule has 0 aliphatic carbocycles. The van der Waals surface area contributed by atoms with Crippen LogP contribution in [0, 0.1) is 5.92 Å². The first-order chi connectivity index (χ1) is 14.9. The van der Waals surface area contributed by atoms with Crippen molar-refractivity contribution < 1.29 is 14.4 Å². The van der Waals surface area contributed by atoms with E-state index in [2.05, 4.69) is 22.9 Å². The zero-order valence-electron chi connectivity index (χ0n) is 18.1. The first-order valence-corrected chi connectivity index (χ1v) is 10.8. The summed E-state index contributed by atoms with van der Waals surface area (Å²) in [5.41, 5.74) is 2.67. The second kappa shape index (κ2) is 10.6. The Hall–Kier alpha value is -3.35. The second-order valence-electron chi connectivity index (χ2n) is 7.94. The molecular formula is C24H30N4O3. The maximum atomic E-state index is 12.7. The van der Waals surface area contributed by atoms with Gasteiger partial charge in [-0.1, -0.05) is 19.9 Å². The summed E-state index contributed by atoms with van der Waals surface area (Å²) in [5, 5.41) is 8.67. The Morgan fingerprint density at radius 1 is 0.903 bits per heavy atom. The Morgan fingerprint density at radius 2 is 1.55 bits per heavy atom. The minimum absolute atomic E-state index is 0.0105. The van der Waals surface area contributed by atoms with E-state index in [-0.39, 0.29) is 24.3 Å². The van der Waals surface area contributed by atoms with Crippen LogP contribution in [0.25, 0.3) is 0 Å². The lowest BCUT2D eigenvalue weighted by Gasteiger charge is -2.30. The van der Waals surface area contributed by atoms with Crippen LogP contribution in [0.4, 0.5) is 17.1 Å². The fourth-order valence-electron chi connectivity index (χ4n) is 3.43. The summed E-state index contributed by atoms with van der Waals surface area (Å²) in [6, 6.07) is 14.2. The number of benzene rings is 2. The number of hydrogen-bond acceptors (Lipinski definition) is 4. The zero-order valence-corrected chi connectivity index (χ0v) is 18.1. The molecule has 0 saturated carbocycles. The molecule has 3 N–H and O–H groups in total. The summed E-state index contributed by atoms with van der Waals surface area (Å²) in [6.45, 7) is 5.65. The van der Waals surface area contributed by atoms with E-state index in [1.54, 1.807) is 55.5 Å². The third kappa shape index (κ3) is 6.57. The minimum Gasteiger partial charge on any atom is -0.376 e. The highest BCUT2D eigenvalue weighted by atomic mass is 16.2. The highest BCUT2D eigenvalue weighted by Crippen LogP contribution is 2.20. The predicted molar refractivity (Wildman–Crippen MR) is 123 cm³/mol. The fraction of sp³-hybridized carbons (Fsp3) is 0.375. The Bertz CT molecular complexity index is 919. The van der Waals surface area contributed by atoms with Crippen LogP contribution in [0.15, 0.2) is 48.5 Å². The van der Waals surface area contributed by atoms with Crippen LogP contribution >= 0.6 is 0 Å². The molecule has 0 aromatic heterocycles. The van der Waals surface area contributed by atoms with Crippen molar-refractivity contribution in [1.29, 1.82) is 0 Å². The molecule has 0 spiro atoms. The van der Waals surface area contributed by atoms with E-state index in [9.17, 15) is 14.4 Å². The molecule has 7 nitrogen and oxygen atoms in total. The van der Waals surface area contributed by atoms with Gasteiger partial charge in [0.1, 0.15) is 0 Å². The second-order valence-corrected chi connectivity index (χ2v) is 7.94. The summed E-state index contributed by atoms with van der Waals surface area (Å²) in [4.78, 5) is 38.4. The average Bonchev–Trinajstić information content (AvgIpc) is 2.78. The highest BCUT2D eigenvalue weighted by molar-refractivity contribution is 5.98. The van der Waals surface area contributed by atoms with Crippen molar-refractivity contribution in [3.63, 3.8) is 0 Å². The van der Waals surface area contributed by atoms with Crippen molar-refractivity contribution >= 4 is 34.8 Å². The van der Waals surface area contributed by atoms with E-state index in [4.69, 9.17) is 0 Å². The number of carbonyl (C=O) groups is 3. The number of anilines is 3. The fourth-order valence-corrected chi connectivity index (χ4v) is 3.43. The Kier molecular flexibility index (Phi) is 7.65. The van der Waals surface area contributed by atoms with Gasteiger partial charge in [-0.05, 0) is 61.2 Å². The maximum Gasteiger partial charge on any atom is 0.253 e. The van der Waals surface area contributed by atoms with Gasteiger partial charge >= 0.3 is 0 Å². The van der Waals surface area contributed by atoms with Crippen LogP contribution in [0.2, 0.25) is 0 Å². The molecule has 1 saturated heterocycles. The molecule has 0 atom stereocenters. The molecule has 1 heterocycles. The third-order valence-electron chi connectivity index (χ3n) is 5.41. The average molecular weight is 423 g/mol. The number of nitrogens with one attached hydrogen (secondary N) is 3. The lowest BCUT2D eigenvalue weighted by Crippen LogP contribution is -2.37. The van der Waals surface area contributed by atoms with Gasteiger partial charge in [-0.25, -0.2) is 0 Å². The van der Waals surface area contributed by atoms with Gasteiger partial charge in [0.05, 0.1) is 6.54 Å². The predicted octanol–water partition coefficient (Wildman–Crippen LogP) is 3.96. The van der Waals surface area contributed by atoms with E-state index in [1.165, 1.54) is 0 Å². The smallest absolute Gasteiger partial charge is 0.253 e. The number of nitrogens with zero attached hydrogens (tertiary/aromatic N) is 1. The van der Waals surface area contributed by atoms with E-state index in [1.807, 2.05) is 4.90 Å². The molecule has 31 heavy (non-hydrogen) atoms. The molecule has 1 aliphatic heterocycles. The molecule has 1 aliphatic rings. The van der Waals surface area contributed by atoms with Crippen LogP contribution < -0.4 is 16.0 Å². The van der Waals surface area contributed by atoms with Gasteiger partial charge in [0.2, 0.25) is 11.8 Å². The molecule has 1 fully saturated rings. The zero-order chi connectivity index (χ0) is 22.2. The van der Waals surface area contributed by atoms with Gasteiger partial charge in [0.25, 0.3) is 5.91 Å². The van der Waals surface area contributed by atoms with Crippen molar-refractivity contribution in [3.8, 4) is 0 Å². The Balaban J connectivity index is 1.51. The van der Waals surface area contributed by atoms with Crippen LogP contribution in [0.1, 0.15) is 43.5 Å². The largest absolute Gasteiger partial charge is 0.376 e. The Labute approximate surface area is 183 Å². The molecule has 0 unspecified atom stereocenters. The van der Waals surface area contributed by atoms with Gasteiger partial charge in [0, 0.05) is 42.1 Å². The van der Waals surface area contributed by atoms with E-state index in [0.717, 1.165) is 31.6 Å². The molecule has 164 valence electrons. The van der Waals surface area contributed by atoms with E-state index < -0.39 is 0 Å². The topological polar surface area (TPSA) is 90.5 Å². The molecule has 3 rings (SSSR count). The number of hydrogen-bond donors (Lipinski definition) is 3. The van der Waals surface area contributed by atoms with E-state index in [0.29, 0.717) is 29.3 Å². The molecule has 2 aromatic carbocycles. The number of amides is 3. The summed E-state index contributed by atoms with van der Waals surface area (Å²) in [7, 11) is 0. The molecule has 2 aromatic rings. The first kappa shape index (κ1) is 22.3. The van der Waals surface area contributed by atoms with Gasteiger partial charge in [-0.15, -0.1) is 0 Å². The van der Waals surface area contributed by atoms with Gasteiger partial charge < -0.3 is 20.9 Å². The van der Waals surface area contributed by atoms with E-state index >= 15 is 0 Å². The van der Waals surface area contributed by atoms with Crippen molar-refractivity contribution in [3.05, 3.63) is 54.1 Å². The first-order valence-electron chi connectivity index (χ1n) is 10.8. The monoisotopic (exact) mass is 422 g/mol. The van der Waals surface area contributed by atoms with Crippen molar-refractivity contribution in [2.45, 2.75) is 33.1 Å². The van der Waals surface area contributed by atoms with Gasteiger partial charge in [0.15, 0.2) is 0 Å². The molecule has 0 bridgehead atoms. The summed E-state index contributed by atoms with van der Waals surface area (Å²) >= 11 is 0. The minimum atomic E-state index is -0.209. The molecule has 3 amide bonds. The standard InChI is InChI=1S/C24H30N4O3/c1-3-22(29)26-20-9-7-19(8-10-20)25-16-23(30)27-21-6-4-5-18(15-21)24(31)28-13-11-17(2)12-14-28/h4-10,15,17,25H,3,11-14,16H2,1-2H3,(H,26,29)(H,27,30). The number of likely N-dealkylation sites (tertiary alicyclic amines) is 1. The normalized spacial score (nSPS) is 14.1. The quantitative estimate of drug-likeness (QED) is 0.630. The number of carbonyl (C=O) groups excluding carboxylic acids is 3. The van der Waals surface area contributed by atoms with Crippen LogP contribution in [-0.2, 0) is 9.59 Å². The lowest BCUT2D eigenvalue weighted by atomic mass is 9.98. The van der Waals surface area contributed by atoms with Crippen LogP contribution in [0.5, 0.6) is 0 Å².